The van der Waals surface area contributed by atoms with Crippen LogP contribution in [0.5, 0.6) is 17.2 Å². The van der Waals surface area contributed by atoms with Crippen LogP contribution in [0.2, 0.25) is 0 Å². The third-order valence-corrected chi connectivity index (χ3v) is 5.07. The summed E-state index contributed by atoms with van der Waals surface area (Å²) in [6.07, 6.45) is 0. The molecule has 1 aliphatic heterocycles. The minimum absolute atomic E-state index is 0.248. The number of hydrogen-bond donors (Lipinski definition) is 3. The van der Waals surface area contributed by atoms with Gasteiger partial charge in [0.05, 0.1) is 13.1 Å². The minimum Gasteiger partial charge on any atom is -0.492 e. The van der Waals surface area contributed by atoms with E-state index in [0.29, 0.717) is 24.9 Å². The summed E-state index contributed by atoms with van der Waals surface area (Å²) < 4.78 is 16.4. The molecule has 0 saturated heterocycles. The zero-order valence-electron chi connectivity index (χ0n) is 15.5. The van der Waals surface area contributed by atoms with E-state index in [2.05, 4.69) is 15.6 Å². The van der Waals surface area contributed by atoms with Crippen molar-refractivity contribution in [2.24, 2.45) is 4.99 Å². The summed E-state index contributed by atoms with van der Waals surface area (Å²) >= 11 is 1.52. The van der Waals surface area contributed by atoms with Gasteiger partial charge in [-0.15, -0.1) is 11.3 Å². The van der Waals surface area contributed by atoms with Crippen LogP contribution in [0.3, 0.4) is 0 Å². The summed E-state index contributed by atoms with van der Waals surface area (Å²) in [5.74, 6) is 2.80. The molecule has 0 radical (unpaired) electrons. The average Bonchev–Trinajstić information content (AvgIpc) is 3.34. The molecule has 1 aromatic heterocycles. The van der Waals surface area contributed by atoms with Gasteiger partial charge >= 0.3 is 0 Å². The van der Waals surface area contributed by atoms with E-state index in [-0.39, 0.29) is 13.3 Å². The largest absolute Gasteiger partial charge is 0.492 e. The zero-order valence-corrected chi connectivity index (χ0v) is 16.3. The van der Waals surface area contributed by atoms with Crippen molar-refractivity contribution < 1.29 is 19.3 Å². The van der Waals surface area contributed by atoms with E-state index in [4.69, 9.17) is 14.2 Å². The van der Waals surface area contributed by atoms with Crippen molar-refractivity contribution in [1.29, 1.82) is 0 Å². The third-order valence-electron chi connectivity index (χ3n) is 3.95. The van der Waals surface area contributed by atoms with E-state index >= 15 is 0 Å². The zero-order chi connectivity index (χ0) is 19.1. The predicted molar refractivity (Wildman–Crippen MR) is 106 cm³/mol. The standard InChI is InChI=1S/C19H25N3O4S/c1-3-20-18(22-12-19(2,23)17-5-4-10-27-17)21-8-9-24-14-6-7-15-16(11-14)26-13-25-15/h4-7,10-11,23H,3,8-9,12-13H2,1-2H3,(H2,20,21,22). The van der Waals surface area contributed by atoms with Gasteiger partial charge in [-0.25, -0.2) is 4.99 Å². The molecule has 0 spiro atoms. The van der Waals surface area contributed by atoms with Crippen molar-refractivity contribution in [2.45, 2.75) is 19.4 Å². The number of benzene rings is 1. The predicted octanol–water partition coefficient (Wildman–Crippen LogP) is 2.32. The van der Waals surface area contributed by atoms with Crippen LogP contribution >= 0.6 is 11.3 Å². The van der Waals surface area contributed by atoms with Crippen LogP contribution in [0, 0.1) is 0 Å². The number of thiophene rings is 1. The Labute approximate surface area is 163 Å². The van der Waals surface area contributed by atoms with Crippen LogP contribution in [-0.2, 0) is 5.60 Å². The van der Waals surface area contributed by atoms with Gasteiger partial charge in [0.25, 0.3) is 0 Å². The molecule has 1 aliphatic rings. The van der Waals surface area contributed by atoms with Crippen molar-refractivity contribution >= 4 is 17.3 Å². The number of fused-ring (bicyclic) bond motifs is 1. The van der Waals surface area contributed by atoms with Gasteiger partial charge < -0.3 is 30.0 Å². The molecule has 0 fully saturated rings. The van der Waals surface area contributed by atoms with Crippen molar-refractivity contribution in [3.8, 4) is 17.2 Å². The van der Waals surface area contributed by atoms with Gasteiger partial charge in [-0.1, -0.05) is 6.07 Å². The van der Waals surface area contributed by atoms with Gasteiger partial charge in [0.15, 0.2) is 17.5 Å². The number of hydrogen-bond acceptors (Lipinski definition) is 6. The third kappa shape index (κ3) is 5.27. The Balaban J connectivity index is 1.48. The molecule has 3 N–H and O–H groups in total. The van der Waals surface area contributed by atoms with Gasteiger partial charge in [-0.05, 0) is 37.4 Å². The average molecular weight is 391 g/mol. The fourth-order valence-corrected chi connectivity index (χ4v) is 3.32. The molecule has 0 saturated carbocycles. The number of aliphatic hydroxyl groups is 1. The second kappa shape index (κ2) is 8.96. The van der Waals surface area contributed by atoms with Gasteiger partial charge in [0.1, 0.15) is 18.0 Å². The monoisotopic (exact) mass is 391 g/mol. The molecule has 1 unspecified atom stereocenters. The molecule has 1 atom stereocenters. The first-order valence-electron chi connectivity index (χ1n) is 8.89. The van der Waals surface area contributed by atoms with Crippen LogP contribution in [-0.4, -0.2) is 44.1 Å². The number of nitrogens with zero attached hydrogens (tertiary/aromatic N) is 1. The van der Waals surface area contributed by atoms with E-state index in [9.17, 15) is 5.11 Å². The van der Waals surface area contributed by atoms with E-state index in [1.165, 1.54) is 11.3 Å². The number of aliphatic imine (C=N–C) groups is 1. The summed E-state index contributed by atoms with van der Waals surface area (Å²) in [6, 6.07) is 9.35. The maximum Gasteiger partial charge on any atom is 0.231 e. The molecular weight excluding hydrogens is 366 g/mol. The van der Waals surface area contributed by atoms with E-state index in [1.54, 1.807) is 6.92 Å². The highest BCUT2D eigenvalue weighted by Gasteiger charge is 2.24. The first-order valence-corrected chi connectivity index (χ1v) is 9.77. The van der Waals surface area contributed by atoms with E-state index in [0.717, 1.165) is 22.9 Å². The number of nitrogens with one attached hydrogen (secondary N) is 2. The molecule has 0 amide bonds. The Bertz CT molecular complexity index is 762. The lowest BCUT2D eigenvalue weighted by Gasteiger charge is -2.20. The van der Waals surface area contributed by atoms with Crippen molar-refractivity contribution in [3.63, 3.8) is 0 Å². The molecule has 0 aliphatic carbocycles. The van der Waals surface area contributed by atoms with Gasteiger partial charge in [-0.3, -0.25) is 0 Å². The highest BCUT2D eigenvalue weighted by atomic mass is 32.1. The Morgan fingerprint density at radius 3 is 2.93 bits per heavy atom. The topological polar surface area (TPSA) is 84.3 Å². The fourth-order valence-electron chi connectivity index (χ4n) is 2.54. The lowest BCUT2D eigenvalue weighted by Crippen LogP contribution is -2.40. The normalized spacial score (nSPS) is 15.3. The molecule has 0 bridgehead atoms. The second-order valence-electron chi connectivity index (χ2n) is 6.24. The number of ether oxygens (including phenoxy) is 3. The van der Waals surface area contributed by atoms with Crippen LogP contribution in [0.4, 0.5) is 0 Å². The molecule has 27 heavy (non-hydrogen) atoms. The molecular formula is C19H25N3O4S. The summed E-state index contributed by atoms with van der Waals surface area (Å²) in [5, 5.41) is 18.9. The molecule has 146 valence electrons. The van der Waals surface area contributed by atoms with Crippen LogP contribution in [0.15, 0.2) is 40.7 Å². The maximum atomic E-state index is 10.6. The van der Waals surface area contributed by atoms with Crippen LogP contribution < -0.4 is 24.8 Å². The number of guanidine groups is 1. The van der Waals surface area contributed by atoms with Crippen LogP contribution in [0.25, 0.3) is 0 Å². The summed E-state index contributed by atoms with van der Waals surface area (Å²) in [6.45, 7) is 6.05. The van der Waals surface area contributed by atoms with Crippen molar-refractivity contribution in [1.82, 2.24) is 10.6 Å². The van der Waals surface area contributed by atoms with Crippen molar-refractivity contribution in [2.75, 3.05) is 33.0 Å². The highest BCUT2D eigenvalue weighted by molar-refractivity contribution is 7.10. The molecule has 7 nitrogen and oxygen atoms in total. The highest BCUT2D eigenvalue weighted by Crippen LogP contribution is 2.35. The summed E-state index contributed by atoms with van der Waals surface area (Å²) in [7, 11) is 0. The Morgan fingerprint density at radius 1 is 1.30 bits per heavy atom. The van der Waals surface area contributed by atoms with Crippen molar-refractivity contribution in [3.05, 3.63) is 40.6 Å². The molecule has 2 aromatic rings. The molecule has 3 rings (SSSR count). The lowest BCUT2D eigenvalue weighted by molar-refractivity contribution is 0.0711. The Hall–Kier alpha value is -2.45. The van der Waals surface area contributed by atoms with Crippen LogP contribution in [0.1, 0.15) is 18.7 Å². The quantitative estimate of drug-likeness (QED) is 0.364. The molecule has 1 aromatic carbocycles. The SMILES string of the molecule is CCNC(=NCC(C)(O)c1cccs1)NCCOc1ccc2c(c1)OCO2. The minimum atomic E-state index is -0.987. The Kier molecular flexibility index (Phi) is 6.41. The maximum absolute atomic E-state index is 10.6. The first kappa shape index (κ1) is 19.3. The second-order valence-corrected chi connectivity index (χ2v) is 7.18. The van der Waals surface area contributed by atoms with E-state index < -0.39 is 5.60 Å². The lowest BCUT2D eigenvalue weighted by atomic mass is 10.1. The molecule has 2 heterocycles. The van der Waals surface area contributed by atoms with Gasteiger partial charge in [0, 0.05) is 17.5 Å². The Morgan fingerprint density at radius 2 is 2.15 bits per heavy atom. The fraction of sp³-hybridized carbons (Fsp3) is 0.421. The smallest absolute Gasteiger partial charge is 0.231 e. The molecule has 8 heteroatoms. The summed E-state index contributed by atoms with van der Waals surface area (Å²) in [4.78, 5) is 5.39. The summed E-state index contributed by atoms with van der Waals surface area (Å²) in [5.41, 5.74) is -0.987. The van der Waals surface area contributed by atoms with Gasteiger partial charge in [0.2, 0.25) is 6.79 Å². The number of rotatable bonds is 8. The van der Waals surface area contributed by atoms with Gasteiger partial charge in [-0.2, -0.15) is 0 Å². The van der Waals surface area contributed by atoms with E-state index in [1.807, 2.05) is 42.6 Å². The first-order chi connectivity index (χ1) is 13.1.